The van der Waals surface area contributed by atoms with Gasteiger partial charge >= 0.3 is 12.1 Å². The molecule has 2 aliphatic rings. The lowest BCUT2D eigenvalue weighted by Crippen LogP contribution is -2.40. The first-order chi connectivity index (χ1) is 21.4. The molecule has 6 rings (SSSR count). The highest BCUT2D eigenvalue weighted by Gasteiger charge is 2.33. The third-order valence-corrected chi connectivity index (χ3v) is 8.80. The molecule has 1 atom stereocenters. The molecule has 9 nitrogen and oxygen atoms in total. The zero-order chi connectivity index (χ0) is 32.0. The van der Waals surface area contributed by atoms with Gasteiger partial charge in [0.1, 0.15) is 11.4 Å². The number of aliphatic hydroxyl groups is 1. The number of carbonyl (C=O) groups excluding carboxylic acids is 1. The molecule has 13 heteroatoms. The minimum atomic E-state index is -4.47. The molecular formula is C32H32F4N4O5. The molecule has 2 aromatic heterocycles. The van der Waals surface area contributed by atoms with Crippen LogP contribution in [0.2, 0.25) is 0 Å². The van der Waals surface area contributed by atoms with Crippen molar-refractivity contribution in [1.82, 2.24) is 19.6 Å². The molecule has 0 bridgehead atoms. The van der Waals surface area contributed by atoms with Crippen LogP contribution in [-0.2, 0) is 30.5 Å². The van der Waals surface area contributed by atoms with Gasteiger partial charge < -0.3 is 24.4 Å². The highest BCUT2D eigenvalue weighted by Crippen LogP contribution is 2.38. The van der Waals surface area contributed by atoms with Crippen molar-refractivity contribution in [3.8, 4) is 11.3 Å². The molecule has 1 fully saturated rings. The number of aromatic carboxylic acids is 1. The van der Waals surface area contributed by atoms with E-state index >= 15 is 0 Å². The van der Waals surface area contributed by atoms with Crippen LogP contribution in [0.4, 0.5) is 17.6 Å². The summed E-state index contributed by atoms with van der Waals surface area (Å²) in [4.78, 5) is 27.8. The fourth-order valence-corrected chi connectivity index (χ4v) is 6.57. The van der Waals surface area contributed by atoms with Crippen LogP contribution in [0.3, 0.4) is 0 Å². The highest BCUT2D eigenvalue weighted by atomic mass is 19.4. The maximum absolute atomic E-state index is 13.7. The Balaban J connectivity index is 1.16. The number of hydrogen-bond donors (Lipinski definition) is 2. The second kappa shape index (κ2) is 11.9. The van der Waals surface area contributed by atoms with E-state index in [1.807, 2.05) is 0 Å². The van der Waals surface area contributed by atoms with Gasteiger partial charge in [0.05, 0.1) is 23.9 Å². The van der Waals surface area contributed by atoms with E-state index in [2.05, 4.69) is 4.90 Å². The summed E-state index contributed by atoms with van der Waals surface area (Å²) in [5, 5.41) is 26.1. The van der Waals surface area contributed by atoms with Crippen molar-refractivity contribution < 1.29 is 41.8 Å². The summed E-state index contributed by atoms with van der Waals surface area (Å²) < 4.78 is 60.4. The molecule has 2 aromatic carbocycles. The number of furan rings is 1. The number of aromatic nitrogens is 2. The van der Waals surface area contributed by atoms with Crippen LogP contribution in [0.5, 0.6) is 0 Å². The van der Waals surface area contributed by atoms with E-state index in [1.54, 1.807) is 15.6 Å². The summed E-state index contributed by atoms with van der Waals surface area (Å²) in [6.07, 6.45) is -3.55. The van der Waals surface area contributed by atoms with Crippen molar-refractivity contribution in [1.29, 1.82) is 0 Å². The molecule has 2 aliphatic heterocycles. The molecule has 0 saturated carbocycles. The lowest BCUT2D eigenvalue weighted by Gasteiger charge is -2.33. The summed E-state index contributed by atoms with van der Waals surface area (Å²) in [5.41, 5.74) is 2.57. The number of likely N-dealkylation sites (tertiary alicyclic amines) is 1. The normalized spacial score (nSPS) is 17.1. The Morgan fingerprint density at radius 3 is 2.42 bits per heavy atom. The lowest BCUT2D eigenvalue weighted by atomic mass is 9.87. The Morgan fingerprint density at radius 2 is 1.78 bits per heavy atom. The third kappa shape index (κ3) is 6.19. The van der Waals surface area contributed by atoms with Crippen molar-refractivity contribution in [3.63, 3.8) is 0 Å². The average molecular weight is 629 g/mol. The molecule has 0 spiro atoms. The quantitative estimate of drug-likeness (QED) is 0.267. The first-order valence-corrected chi connectivity index (χ1v) is 14.8. The largest absolute Gasteiger partial charge is 0.475 e. The Morgan fingerprint density at radius 1 is 1.07 bits per heavy atom. The van der Waals surface area contributed by atoms with Gasteiger partial charge in [0.15, 0.2) is 0 Å². The predicted octanol–water partition coefficient (Wildman–Crippen LogP) is 5.30. The first-order valence-electron chi connectivity index (χ1n) is 14.8. The molecule has 4 heterocycles. The molecule has 2 N–H and O–H groups in total. The number of carboxylic acid groups (broad SMARTS) is 1. The molecule has 0 aliphatic carbocycles. The maximum atomic E-state index is 13.7. The summed E-state index contributed by atoms with van der Waals surface area (Å²) >= 11 is 0. The van der Waals surface area contributed by atoms with E-state index in [0.29, 0.717) is 67.6 Å². The van der Waals surface area contributed by atoms with Crippen molar-refractivity contribution in [2.24, 2.45) is 0 Å². The van der Waals surface area contributed by atoms with Crippen LogP contribution in [0.15, 0.2) is 46.9 Å². The van der Waals surface area contributed by atoms with E-state index in [-0.39, 0.29) is 36.3 Å². The van der Waals surface area contributed by atoms with Crippen LogP contribution in [-0.4, -0.2) is 74.0 Å². The van der Waals surface area contributed by atoms with Crippen LogP contribution >= 0.6 is 0 Å². The van der Waals surface area contributed by atoms with Crippen molar-refractivity contribution >= 4 is 22.8 Å². The fraction of sp³-hybridized carbons (Fsp3) is 0.406. The monoisotopic (exact) mass is 628 g/mol. The van der Waals surface area contributed by atoms with E-state index in [4.69, 9.17) is 9.52 Å². The van der Waals surface area contributed by atoms with Crippen LogP contribution < -0.4 is 0 Å². The average Bonchev–Trinajstić information content (AvgIpc) is 3.55. The fourth-order valence-electron chi connectivity index (χ4n) is 6.57. The standard InChI is InChI=1S/C32H32F4N4O5/c1-18(41)39-13-10-26-25(17-39)29(20-2-4-21(5-3-20)32(34,35)36)37-40(26)16-23(42)15-38-11-8-19(9-12-38)28-24-7-6-22(33)14-27(24)45-30(28)31(43)44/h2-7,14,19,23,42H,8-13,15-17H2,1H3,(H,43,44). The van der Waals surface area contributed by atoms with Gasteiger partial charge in [-0.15, -0.1) is 0 Å². The summed E-state index contributed by atoms with van der Waals surface area (Å²) in [5.74, 6) is -2.11. The summed E-state index contributed by atoms with van der Waals surface area (Å²) in [6, 6.07) is 8.78. The molecule has 1 unspecified atom stereocenters. The van der Waals surface area contributed by atoms with Gasteiger partial charge in [-0.25, -0.2) is 9.18 Å². The maximum Gasteiger partial charge on any atom is 0.416 e. The molecule has 1 amide bonds. The second-order valence-corrected chi connectivity index (χ2v) is 11.7. The number of alkyl halides is 3. The number of piperidine rings is 1. The number of β-amino-alcohol motifs (C(OH)–C–C–N with tert-alkyl or cyclic N) is 1. The Labute approximate surface area is 255 Å². The number of fused-ring (bicyclic) bond motifs is 2. The second-order valence-electron chi connectivity index (χ2n) is 11.7. The summed E-state index contributed by atoms with van der Waals surface area (Å²) in [6.45, 7) is 3.89. The van der Waals surface area contributed by atoms with E-state index in [9.17, 15) is 37.4 Å². The third-order valence-electron chi connectivity index (χ3n) is 8.80. The SMILES string of the molecule is CC(=O)N1CCc2c(c(-c3ccc(C(F)(F)F)cc3)nn2CC(O)CN2CCC(c3c(C(=O)O)oc4cc(F)ccc34)CC2)C1. The number of aliphatic hydroxyl groups excluding tert-OH is 1. The van der Waals surface area contributed by atoms with Gasteiger partial charge in [-0.2, -0.15) is 18.3 Å². The topological polar surface area (TPSA) is 112 Å². The Hall–Kier alpha value is -4.23. The van der Waals surface area contributed by atoms with Gasteiger partial charge in [-0.05, 0) is 56.1 Å². The number of amides is 1. The smallest absolute Gasteiger partial charge is 0.416 e. The van der Waals surface area contributed by atoms with Crippen molar-refractivity contribution in [2.75, 3.05) is 26.2 Å². The zero-order valence-corrected chi connectivity index (χ0v) is 24.5. The van der Waals surface area contributed by atoms with Crippen molar-refractivity contribution in [2.45, 2.75) is 57.5 Å². The molecule has 45 heavy (non-hydrogen) atoms. The first kappa shape index (κ1) is 30.8. The van der Waals surface area contributed by atoms with E-state index < -0.39 is 29.6 Å². The number of carboxylic acids is 1. The highest BCUT2D eigenvalue weighted by molar-refractivity contribution is 5.95. The van der Waals surface area contributed by atoms with Gasteiger partial charge in [0, 0.05) is 66.8 Å². The zero-order valence-electron chi connectivity index (χ0n) is 24.5. The molecular weight excluding hydrogens is 596 g/mol. The summed E-state index contributed by atoms with van der Waals surface area (Å²) in [7, 11) is 0. The van der Waals surface area contributed by atoms with Crippen molar-refractivity contribution in [3.05, 3.63) is 76.4 Å². The Kier molecular flexibility index (Phi) is 8.16. The predicted molar refractivity (Wildman–Crippen MR) is 155 cm³/mol. The number of hydrogen-bond acceptors (Lipinski definition) is 6. The van der Waals surface area contributed by atoms with E-state index in [1.165, 1.54) is 31.2 Å². The van der Waals surface area contributed by atoms with Gasteiger partial charge in [0.2, 0.25) is 11.7 Å². The molecule has 4 aromatic rings. The molecule has 1 saturated heterocycles. The van der Waals surface area contributed by atoms with Crippen LogP contribution in [0.25, 0.3) is 22.2 Å². The number of rotatable bonds is 7. The number of halogens is 4. The van der Waals surface area contributed by atoms with Gasteiger partial charge in [0.25, 0.3) is 0 Å². The number of benzene rings is 2. The lowest BCUT2D eigenvalue weighted by molar-refractivity contribution is -0.137. The Bertz CT molecular complexity index is 1740. The number of carbonyl (C=O) groups is 2. The minimum Gasteiger partial charge on any atom is -0.475 e. The van der Waals surface area contributed by atoms with Gasteiger partial charge in [-0.3, -0.25) is 9.48 Å². The molecule has 238 valence electrons. The van der Waals surface area contributed by atoms with Gasteiger partial charge in [-0.1, -0.05) is 12.1 Å². The van der Waals surface area contributed by atoms with E-state index in [0.717, 1.165) is 23.4 Å². The van der Waals surface area contributed by atoms with Crippen LogP contribution in [0.1, 0.15) is 58.6 Å². The minimum absolute atomic E-state index is 0.107. The number of nitrogens with zero attached hydrogens (tertiary/aromatic N) is 4. The van der Waals surface area contributed by atoms with Crippen LogP contribution in [0, 0.1) is 5.82 Å². The molecule has 0 radical (unpaired) electrons.